The number of hydrogen-bond donors (Lipinski definition) is 2. The molecule has 0 aliphatic carbocycles. The number of nitrogens with one attached hydrogen (secondary N) is 2. The van der Waals surface area contributed by atoms with Crippen LogP contribution in [0.1, 0.15) is 5.56 Å². The average Bonchev–Trinajstić information content (AvgIpc) is 2.96. The number of carbonyl (C=O) groups excluding carboxylic acids is 1. The minimum Gasteiger partial charge on any atom is -0.444 e. The van der Waals surface area contributed by atoms with Gasteiger partial charge in [0.2, 0.25) is 0 Å². The Morgan fingerprint density at radius 2 is 1.95 bits per heavy atom. The molecule has 3 aromatic rings. The van der Waals surface area contributed by atoms with Crippen molar-refractivity contribution in [3.05, 3.63) is 54.1 Å². The number of rotatable bonds is 3. The van der Waals surface area contributed by atoms with Gasteiger partial charge in [0.25, 0.3) is 0 Å². The number of aromatic nitrogens is 3. The van der Waals surface area contributed by atoms with Gasteiger partial charge in [-0.3, -0.25) is 5.32 Å². The maximum Gasteiger partial charge on any atom is 0.412 e. The second kappa shape index (κ2) is 5.40. The molecule has 2 N–H and O–H groups in total. The maximum atomic E-state index is 11.8. The van der Waals surface area contributed by atoms with E-state index in [0.717, 1.165) is 5.56 Å². The van der Waals surface area contributed by atoms with Gasteiger partial charge < -0.3 is 4.74 Å². The number of carbonyl (C=O) groups is 1. The second-order valence-electron chi connectivity index (χ2n) is 4.18. The van der Waals surface area contributed by atoms with E-state index in [-0.39, 0.29) is 6.61 Å². The fraction of sp³-hybridized carbons (Fsp3) is 0.0714. The molecule has 6 nitrogen and oxygen atoms in total. The summed E-state index contributed by atoms with van der Waals surface area (Å²) < 4.78 is 5.15. The Balaban J connectivity index is 1.66. The van der Waals surface area contributed by atoms with E-state index in [0.29, 0.717) is 16.7 Å². The van der Waals surface area contributed by atoms with Gasteiger partial charge in [0.15, 0.2) is 0 Å². The van der Waals surface area contributed by atoms with E-state index < -0.39 is 6.09 Å². The molecule has 0 aliphatic heterocycles. The second-order valence-corrected chi connectivity index (χ2v) is 4.18. The molecule has 3 rings (SSSR count). The van der Waals surface area contributed by atoms with Crippen LogP contribution in [0.15, 0.2) is 48.5 Å². The topological polar surface area (TPSA) is 79.9 Å². The highest BCUT2D eigenvalue weighted by Gasteiger charge is 2.09. The highest BCUT2D eigenvalue weighted by molar-refractivity contribution is 5.96. The zero-order valence-corrected chi connectivity index (χ0v) is 10.5. The highest BCUT2D eigenvalue weighted by atomic mass is 16.5. The van der Waals surface area contributed by atoms with Crippen molar-refractivity contribution in [2.24, 2.45) is 0 Å². The van der Waals surface area contributed by atoms with Gasteiger partial charge >= 0.3 is 6.09 Å². The van der Waals surface area contributed by atoms with Crippen molar-refractivity contribution in [3.8, 4) is 0 Å². The van der Waals surface area contributed by atoms with Crippen LogP contribution in [0.5, 0.6) is 0 Å². The summed E-state index contributed by atoms with van der Waals surface area (Å²) in [5.74, 6) is 0. The summed E-state index contributed by atoms with van der Waals surface area (Å²) in [4.78, 5) is 11.8. The van der Waals surface area contributed by atoms with Crippen LogP contribution in [0.2, 0.25) is 0 Å². The first-order valence-electron chi connectivity index (χ1n) is 6.10. The molecular formula is C14H12N4O2. The molecule has 1 heterocycles. The van der Waals surface area contributed by atoms with Crippen molar-refractivity contribution in [2.45, 2.75) is 6.61 Å². The zero-order valence-electron chi connectivity index (χ0n) is 10.5. The van der Waals surface area contributed by atoms with Crippen molar-refractivity contribution >= 4 is 22.8 Å². The summed E-state index contributed by atoms with van der Waals surface area (Å²) in [7, 11) is 0. The Labute approximate surface area is 114 Å². The third kappa shape index (κ3) is 2.59. The van der Waals surface area contributed by atoms with E-state index in [1.165, 1.54) is 0 Å². The van der Waals surface area contributed by atoms with E-state index >= 15 is 0 Å². The van der Waals surface area contributed by atoms with Crippen molar-refractivity contribution in [2.75, 3.05) is 5.32 Å². The van der Waals surface area contributed by atoms with Crippen LogP contribution in [-0.2, 0) is 11.3 Å². The number of hydrogen-bond acceptors (Lipinski definition) is 4. The Hall–Kier alpha value is -2.89. The molecule has 1 amide bonds. The van der Waals surface area contributed by atoms with E-state index in [4.69, 9.17) is 4.74 Å². The molecule has 1 aromatic heterocycles. The van der Waals surface area contributed by atoms with Crippen LogP contribution in [-0.4, -0.2) is 21.5 Å². The van der Waals surface area contributed by atoms with Crippen molar-refractivity contribution in [1.29, 1.82) is 0 Å². The van der Waals surface area contributed by atoms with Gasteiger partial charge in [0, 0.05) is 0 Å². The van der Waals surface area contributed by atoms with E-state index in [1.807, 2.05) is 30.3 Å². The fourth-order valence-electron chi connectivity index (χ4n) is 1.84. The van der Waals surface area contributed by atoms with E-state index in [2.05, 4.69) is 20.7 Å². The minimum absolute atomic E-state index is 0.224. The minimum atomic E-state index is -0.524. The summed E-state index contributed by atoms with van der Waals surface area (Å²) in [6, 6.07) is 14.8. The standard InChI is InChI=1S/C14H12N4O2/c19-14(20-9-10-5-2-1-3-6-10)15-11-7-4-8-12-13(11)17-18-16-12/h1-8H,9H2,(H,15,19)(H,16,17,18). The monoisotopic (exact) mass is 268 g/mol. The van der Waals surface area contributed by atoms with Gasteiger partial charge in [-0.25, -0.2) is 4.79 Å². The SMILES string of the molecule is O=C(Nc1cccc2n[nH]nc12)OCc1ccccc1. The van der Waals surface area contributed by atoms with Crippen LogP contribution in [0.25, 0.3) is 11.0 Å². The van der Waals surface area contributed by atoms with Crippen LogP contribution in [0.4, 0.5) is 10.5 Å². The average molecular weight is 268 g/mol. The number of anilines is 1. The third-order valence-electron chi connectivity index (χ3n) is 2.80. The number of H-pyrrole nitrogens is 1. The Kier molecular flexibility index (Phi) is 3.28. The quantitative estimate of drug-likeness (QED) is 0.765. The molecule has 0 bridgehead atoms. The number of amides is 1. The first-order valence-corrected chi connectivity index (χ1v) is 6.10. The summed E-state index contributed by atoms with van der Waals surface area (Å²) >= 11 is 0. The molecule has 6 heteroatoms. The number of ether oxygens (including phenoxy) is 1. The van der Waals surface area contributed by atoms with Crippen LogP contribution < -0.4 is 5.32 Å². The smallest absolute Gasteiger partial charge is 0.412 e. The van der Waals surface area contributed by atoms with E-state index in [9.17, 15) is 4.79 Å². The number of benzene rings is 2. The van der Waals surface area contributed by atoms with Gasteiger partial charge in [-0.2, -0.15) is 15.4 Å². The first-order chi connectivity index (χ1) is 9.83. The third-order valence-corrected chi connectivity index (χ3v) is 2.80. The molecule has 20 heavy (non-hydrogen) atoms. The van der Waals surface area contributed by atoms with Gasteiger partial charge in [-0.15, -0.1) is 0 Å². The molecule has 2 aromatic carbocycles. The van der Waals surface area contributed by atoms with Crippen molar-refractivity contribution in [1.82, 2.24) is 15.4 Å². The molecule has 0 radical (unpaired) electrons. The molecule has 0 unspecified atom stereocenters. The lowest BCUT2D eigenvalue weighted by Crippen LogP contribution is -2.13. The summed E-state index contributed by atoms with van der Waals surface area (Å²) in [5, 5.41) is 13.1. The lowest BCUT2D eigenvalue weighted by atomic mass is 10.2. The number of nitrogens with zero attached hydrogens (tertiary/aromatic N) is 2. The lowest BCUT2D eigenvalue weighted by molar-refractivity contribution is 0.155. The molecule has 0 fully saturated rings. The fourth-order valence-corrected chi connectivity index (χ4v) is 1.84. The largest absolute Gasteiger partial charge is 0.444 e. The molecule has 100 valence electrons. The number of para-hydroxylation sites is 1. The maximum absolute atomic E-state index is 11.8. The Morgan fingerprint density at radius 1 is 1.10 bits per heavy atom. The van der Waals surface area contributed by atoms with Gasteiger partial charge in [-0.1, -0.05) is 36.4 Å². The van der Waals surface area contributed by atoms with Gasteiger partial charge in [0.05, 0.1) is 5.69 Å². The lowest BCUT2D eigenvalue weighted by Gasteiger charge is -2.07. The molecule has 0 atom stereocenters. The highest BCUT2D eigenvalue weighted by Crippen LogP contribution is 2.18. The van der Waals surface area contributed by atoms with Crippen LogP contribution >= 0.6 is 0 Å². The predicted octanol–water partition coefficient (Wildman–Crippen LogP) is 2.71. The summed E-state index contributed by atoms with van der Waals surface area (Å²) in [5.41, 5.74) is 2.78. The van der Waals surface area contributed by atoms with Crippen LogP contribution in [0, 0.1) is 0 Å². The summed E-state index contributed by atoms with van der Waals surface area (Å²) in [6.07, 6.45) is -0.524. The normalized spacial score (nSPS) is 10.4. The predicted molar refractivity (Wildman–Crippen MR) is 74.1 cm³/mol. The van der Waals surface area contributed by atoms with Gasteiger partial charge in [0.1, 0.15) is 17.6 Å². The molecule has 0 spiro atoms. The molecule has 0 aliphatic rings. The zero-order chi connectivity index (χ0) is 13.8. The summed E-state index contributed by atoms with van der Waals surface area (Å²) in [6.45, 7) is 0.224. The van der Waals surface area contributed by atoms with E-state index in [1.54, 1.807) is 18.2 Å². The molecule has 0 saturated carbocycles. The molecule has 0 saturated heterocycles. The Morgan fingerprint density at radius 3 is 2.80 bits per heavy atom. The van der Waals surface area contributed by atoms with Crippen LogP contribution in [0.3, 0.4) is 0 Å². The Bertz CT molecular complexity index is 724. The number of aromatic amines is 1. The molecular weight excluding hydrogens is 256 g/mol. The van der Waals surface area contributed by atoms with Crippen molar-refractivity contribution in [3.63, 3.8) is 0 Å². The first kappa shape index (κ1) is 12.2. The number of fused-ring (bicyclic) bond motifs is 1. The van der Waals surface area contributed by atoms with Crippen molar-refractivity contribution < 1.29 is 9.53 Å². The van der Waals surface area contributed by atoms with Gasteiger partial charge in [-0.05, 0) is 17.7 Å².